The Morgan fingerprint density at radius 2 is 2.06 bits per heavy atom. The number of rotatable bonds is 2. The maximum Gasteiger partial charge on any atom is 0.149 e. The molecule has 0 aliphatic rings. The highest BCUT2D eigenvalue weighted by atomic mass is 35.5. The van der Waals surface area contributed by atoms with E-state index in [9.17, 15) is 4.39 Å². The SMILES string of the molecule is Cc1nn(-c2ccc([C@@H](C)N)cc2F)c(C)c1Cl. The van der Waals surface area contributed by atoms with Crippen LogP contribution in [0.25, 0.3) is 5.69 Å². The van der Waals surface area contributed by atoms with E-state index in [0.717, 1.165) is 11.3 Å². The van der Waals surface area contributed by atoms with Crippen LogP contribution in [0.3, 0.4) is 0 Å². The quantitative estimate of drug-likeness (QED) is 0.907. The molecule has 3 nitrogen and oxygen atoms in total. The van der Waals surface area contributed by atoms with Gasteiger partial charge in [-0.15, -0.1) is 0 Å². The van der Waals surface area contributed by atoms with E-state index in [4.69, 9.17) is 17.3 Å². The third-order valence-corrected chi connectivity index (χ3v) is 3.48. The largest absolute Gasteiger partial charge is 0.324 e. The van der Waals surface area contributed by atoms with Crippen LogP contribution in [0.2, 0.25) is 5.02 Å². The van der Waals surface area contributed by atoms with Gasteiger partial charge in [0, 0.05) is 6.04 Å². The predicted molar refractivity (Wildman–Crippen MR) is 70.6 cm³/mol. The van der Waals surface area contributed by atoms with Crippen molar-refractivity contribution in [3.05, 3.63) is 46.0 Å². The molecule has 18 heavy (non-hydrogen) atoms. The number of aromatic nitrogens is 2. The van der Waals surface area contributed by atoms with Crippen LogP contribution in [0, 0.1) is 19.7 Å². The fraction of sp³-hybridized carbons (Fsp3) is 0.308. The topological polar surface area (TPSA) is 43.8 Å². The number of aryl methyl sites for hydroxylation is 1. The van der Waals surface area contributed by atoms with Crippen molar-refractivity contribution in [1.82, 2.24) is 9.78 Å². The van der Waals surface area contributed by atoms with Crippen molar-refractivity contribution in [3.63, 3.8) is 0 Å². The number of hydrogen-bond acceptors (Lipinski definition) is 2. The zero-order valence-corrected chi connectivity index (χ0v) is 11.3. The summed E-state index contributed by atoms with van der Waals surface area (Å²) in [5.41, 5.74) is 8.26. The fourth-order valence-electron chi connectivity index (χ4n) is 1.84. The summed E-state index contributed by atoms with van der Waals surface area (Å²) in [6.07, 6.45) is 0. The van der Waals surface area contributed by atoms with Crippen LogP contribution in [0.1, 0.15) is 29.9 Å². The van der Waals surface area contributed by atoms with Gasteiger partial charge in [0.15, 0.2) is 0 Å². The molecule has 0 bridgehead atoms. The first-order valence-electron chi connectivity index (χ1n) is 5.69. The molecule has 1 heterocycles. The molecular formula is C13H15ClFN3. The van der Waals surface area contributed by atoms with Gasteiger partial charge >= 0.3 is 0 Å². The first-order chi connectivity index (χ1) is 8.41. The normalized spacial score (nSPS) is 12.8. The summed E-state index contributed by atoms with van der Waals surface area (Å²) in [4.78, 5) is 0. The summed E-state index contributed by atoms with van der Waals surface area (Å²) in [6, 6.07) is 4.71. The van der Waals surface area contributed by atoms with E-state index < -0.39 is 0 Å². The molecule has 0 aliphatic carbocycles. The highest BCUT2D eigenvalue weighted by Crippen LogP contribution is 2.25. The molecule has 0 unspecified atom stereocenters. The molecule has 0 saturated heterocycles. The number of nitrogens with zero attached hydrogens (tertiary/aromatic N) is 2. The van der Waals surface area contributed by atoms with E-state index in [1.165, 1.54) is 10.7 Å². The first kappa shape index (κ1) is 13.1. The van der Waals surface area contributed by atoms with Crippen LogP contribution in [0.5, 0.6) is 0 Å². The summed E-state index contributed by atoms with van der Waals surface area (Å²) in [5, 5.41) is 4.79. The molecule has 1 aromatic carbocycles. The molecule has 0 fully saturated rings. The Hall–Kier alpha value is -1.39. The maximum atomic E-state index is 14.1. The maximum absolute atomic E-state index is 14.1. The molecule has 0 aliphatic heterocycles. The Balaban J connectivity index is 2.54. The highest BCUT2D eigenvalue weighted by Gasteiger charge is 2.14. The molecule has 1 atom stereocenters. The number of benzene rings is 1. The van der Waals surface area contributed by atoms with E-state index in [1.54, 1.807) is 26.0 Å². The zero-order valence-electron chi connectivity index (χ0n) is 10.5. The van der Waals surface area contributed by atoms with E-state index in [-0.39, 0.29) is 11.9 Å². The van der Waals surface area contributed by atoms with Crippen LogP contribution in [0.4, 0.5) is 4.39 Å². The van der Waals surface area contributed by atoms with E-state index in [2.05, 4.69) is 5.10 Å². The molecule has 0 spiro atoms. The third kappa shape index (κ3) is 2.13. The van der Waals surface area contributed by atoms with Gasteiger partial charge in [0.05, 0.1) is 16.4 Å². The average Bonchev–Trinajstić information content (AvgIpc) is 2.57. The van der Waals surface area contributed by atoms with Crippen molar-refractivity contribution in [3.8, 4) is 5.69 Å². The standard InChI is InChI=1S/C13H15ClFN3/c1-7(16)10-4-5-12(11(15)6-10)18-9(3)13(14)8(2)17-18/h4-7H,16H2,1-3H3/t7-/m1/s1. The summed E-state index contributed by atoms with van der Waals surface area (Å²) in [5.74, 6) is -0.355. The number of nitrogens with two attached hydrogens (primary N) is 1. The Kier molecular flexibility index (Phi) is 3.41. The van der Waals surface area contributed by atoms with Gasteiger partial charge in [-0.1, -0.05) is 17.7 Å². The van der Waals surface area contributed by atoms with Gasteiger partial charge in [0.1, 0.15) is 11.5 Å². The van der Waals surface area contributed by atoms with Crippen LogP contribution in [-0.4, -0.2) is 9.78 Å². The third-order valence-electron chi connectivity index (χ3n) is 2.93. The van der Waals surface area contributed by atoms with Gasteiger partial charge in [-0.2, -0.15) is 5.10 Å². The van der Waals surface area contributed by atoms with Crippen LogP contribution in [-0.2, 0) is 0 Å². The lowest BCUT2D eigenvalue weighted by molar-refractivity contribution is 0.603. The minimum Gasteiger partial charge on any atom is -0.324 e. The van der Waals surface area contributed by atoms with Gasteiger partial charge in [-0.3, -0.25) is 0 Å². The summed E-state index contributed by atoms with van der Waals surface area (Å²) >= 11 is 6.06. The predicted octanol–water partition coefficient (Wildman–Crippen LogP) is 3.30. The Labute approximate surface area is 110 Å². The lowest BCUT2D eigenvalue weighted by Crippen LogP contribution is -2.08. The average molecular weight is 268 g/mol. The van der Waals surface area contributed by atoms with Crippen molar-refractivity contribution >= 4 is 11.6 Å². The molecular weight excluding hydrogens is 253 g/mol. The van der Waals surface area contributed by atoms with Gasteiger partial charge in [0.25, 0.3) is 0 Å². The fourth-order valence-corrected chi connectivity index (χ4v) is 1.95. The van der Waals surface area contributed by atoms with Crippen molar-refractivity contribution in [2.45, 2.75) is 26.8 Å². The van der Waals surface area contributed by atoms with Crippen molar-refractivity contribution < 1.29 is 4.39 Å². The molecule has 2 rings (SSSR count). The number of hydrogen-bond donors (Lipinski definition) is 1. The molecule has 5 heteroatoms. The molecule has 0 radical (unpaired) electrons. The summed E-state index contributed by atoms with van der Waals surface area (Å²) < 4.78 is 15.6. The summed E-state index contributed by atoms with van der Waals surface area (Å²) in [6.45, 7) is 5.41. The zero-order chi connectivity index (χ0) is 13.4. The van der Waals surface area contributed by atoms with E-state index in [1.807, 2.05) is 6.92 Å². The molecule has 0 amide bonds. The van der Waals surface area contributed by atoms with E-state index in [0.29, 0.717) is 16.4 Å². The lowest BCUT2D eigenvalue weighted by Gasteiger charge is -2.10. The first-order valence-corrected chi connectivity index (χ1v) is 6.06. The Bertz CT molecular complexity index is 590. The molecule has 1 aromatic heterocycles. The molecule has 96 valence electrons. The van der Waals surface area contributed by atoms with Crippen molar-refractivity contribution in [2.24, 2.45) is 5.73 Å². The monoisotopic (exact) mass is 267 g/mol. The van der Waals surface area contributed by atoms with Gasteiger partial charge in [-0.25, -0.2) is 9.07 Å². The minimum absolute atomic E-state index is 0.197. The van der Waals surface area contributed by atoms with Crippen LogP contribution in [0.15, 0.2) is 18.2 Å². The second-order valence-electron chi connectivity index (χ2n) is 4.40. The Morgan fingerprint density at radius 1 is 1.39 bits per heavy atom. The Morgan fingerprint density at radius 3 is 2.50 bits per heavy atom. The summed E-state index contributed by atoms with van der Waals surface area (Å²) in [7, 11) is 0. The molecule has 2 aromatic rings. The number of halogens is 2. The molecule has 2 N–H and O–H groups in total. The van der Waals surface area contributed by atoms with E-state index >= 15 is 0 Å². The highest BCUT2D eigenvalue weighted by molar-refractivity contribution is 6.31. The van der Waals surface area contributed by atoms with Crippen molar-refractivity contribution in [2.75, 3.05) is 0 Å². The van der Waals surface area contributed by atoms with Crippen LogP contribution >= 0.6 is 11.6 Å². The molecule has 0 saturated carbocycles. The minimum atomic E-state index is -0.355. The van der Waals surface area contributed by atoms with Crippen molar-refractivity contribution in [1.29, 1.82) is 0 Å². The van der Waals surface area contributed by atoms with Gasteiger partial charge < -0.3 is 5.73 Å². The lowest BCUT2D eigenvalue weighted by atomic mass is 10.1. The van der Waals surface area contributed by atoms with Crippen LogP contribution < -0.4 is 5.73 Å². The second-order valence-corrected chi connectivity index (χ2v) is 4.77. The van der Waals surface area contributed by atoms with Gasteiger partial charge in [0.2, 0.25) is 0 Å². The second kappa shape index (κ2) is 4.71. The van der Waals surface area contributed by atoms with Gasteiger partial charge in [-0.05, 0) is 38.5 Å². The smallest absolute Gasteiger partial charge is 0.149 e.